The summed E-state index contributed by atoms with van der Waals surface area (Å²) in [5.74, 6) is 0. The Kier molecular flexibility index (Phi) is 4.59. The molecule has 0 aromatic heterocycles. The molecule has 0 aliphatic heterocycles. The van der Waals surface area contributed by atoms with Crippen LogP contribution in [-0.2, 0) is 0 Å². The molecule has 7 aromatic carbocycles. The van der Waals surface area contributed by atoms with E-state index in [-0.39, 0.29) is 0 Å². The molecule has 36 heavy (non-hydrogen) atoms. The van der Waals surface area contributed by atoms with Gasteiger partial charge in [-0.1, -0.05) is 109 Å². The third-order valence-corrected chi connectivity index (χ3v) is 7.22. The van der Waals surface area contributed by atoms with E-state index in [4.69, 9.17) is 5.26 Å². The summed E-state index contributed by atoms with van der Waals surface area (Å²) in [5.41, 5.74) is 2.91. The van der Waals surface area contributed by atoms with Gasteiger partial charge in [0.2, 0.25) is 0 Å². The third-order valence-electron chi connectivity index (χ3n) is 7.22. The molecule has 0 bridgehead atoms. The zero-order chi connectivity index (χ0) is 24.1. The second-order valence-electron chi connectivity index (χ2n) is 9.33. The SMILES string of the molecule is N#Cc1ccc(/C=C/c2ccc3ccc4ccc5ccc6ccc7ccccc7c6c5c4c3c2)cc1. The Morgan fingerprint density at radius 3 is 1.64 bits per heavy atom. The van der Waals surface area contributed by atoms with Crippen LogP contribution in [0.5, 0.6) is 0 Å². The van der Waals surface area contributed by atoms with E-state index in [0.29, 0.717) is 5.56 Å². The van der Waals surface area contributed by atoms with Gasteiger partial charge in [-0.15, -0.1) is 0 Å². The number of benzene rings is 7. The fourth-order valence-corrected chi connectivity index (χ4v) is 5.44. The first-order valence-electron chi connectivity index (χ1n) is 12.2. The monoisotopic (exact) mass is 455 g/mol. The Balaban J connectivity index is 1.53. The maximum absolute atomic E-state index is 9.06. The van der Waals surface area contributed by atoms with Gasteiger partial charge in [0, 0.05) is 0 Å². The topological polar surface area (TPSA) is 23.8 Å². The second-order valence-corrected chi connectivity index (χ2v) is 9.33. The standard InChI is InChI=1S/C35H21N/c36-22-25-9-6-23(7-10-25)5-8-24-11-12-27-14-16-29-18-20-30-19-17-28-15-13-26-3-1-2-4-31(26)33(28)35(30)34(29)32(27)21-24/h1-21H/b8-5+. The summed E-state index contributed by atoms with van der Waals surface area (Å²) in [6, 6.07) is 43.2. The molecule has 0 saturated carbocycles. The normalized spacial score (nSPS) is 11.8. The molecule has 0 unspecified atom stereocenters. The number of nitrogens with zero attached hydrogens (tertiary/aromatic N) is 1. The van der Waals surface area contributed by atoms with Crippen LogP contribution in [0.3, 0.4) is 0 Å². The zero-order valence-corrected chi connectivity index (χ0v) is 19.6. The van der Waals surface area contributed by atoms with Crippen LogP contribution in [0.2, 0.25) is 0 Å². The Bertz CT molecular complexity index is 2020. The number of hydrogen-bond acceptors (Lipinski definition) is 1. The Morgan fingerprint density at radius 2 is 0.944 bits per heavy atom. The lowest BCUT2D eigenvalue weighted by Gasteiger charge is -2.13. The van der Waals surface area contributed by atoms with Gasteiger partial charge in [-0.3, -0.25) is 0 Å². The summed E-state index contributed by atoms with van der Waals surface area (Å²) in [4.78, 5) is 0. The molecule has 0 saturated heterocycles. The van der Waals surface area contributed by atoms with Crippen molar-refractivity contribution in [3.8, 4) is 6.07 Å². The largest absolute Gasteiger partial charge is 0.192 e. The van der Waals surface area contributed by atoms with Gasteiger partial charge in [-0.05, 0) is 83.2 Å². The molecule has 0 N–H and O–H groups in total. The number of nitriles is 1. The molecular weight excluding hydrogens is 434 g/mol. The molecule has 7 aromatic rings. The molecule has 0 radical (unpaired) electrons. The highest BCUT2D eigenvalue weighted by Gasteiger charge is 2.11. The fourth-order valence-electron chi connectivity index (χ4n) is 5.44. The van der Waals surface area contributed by atoms with E-state index in [9.17, 15) is 0 Å². The van der Waals surface area contributed by atoms with Crippen LogP contribution in [0.1, 0.15) is 16.7 Å². The van der Waals surface area contributed by atoms with Crippen molar-refractivity contribution in [1.29, 1.82) is 5.26 Å². The van der Waals surface area contributed by atoms with E-state index in [1.165, 1.54) is 53.9 Å². The second kappa shape index (κ2) is 8.08. The van der Waals surface area contributed by atoms with Crippen molar-refractivity contribution in [2.24, 2.45) is 0 Å². The highest BCUT2D eigenvalue weighted by molar-refractivity contribution is 6.32. The van der Waals surface area contributed by atoms with Crippen LogP contribution in [0.25, 0.3) is 66.0 Å². The van der Waals surface area contributed by atoms with E-state index >= 15 is 0 Å². The lowest BCUT2D eigenvalue weighted by molar-refractivity contribution is 1.48. The van der Waals surface area contributed by atoms with Crippen molar-refractivity contribution < 1.29 is 0 Å². The minimum Gasteiger partial charge on any atom is -0.192 e. The lowest BCUT2D eigenvalue weighted by atomic mass is 9.90. The first-order chi connectivity index (χ1) is 17.8. The predicted molar refractivity (Wildman–Crippen MR) is 154 cm³/mol. The van der Waals surface area contributed by atoms with Gasteiger partial charge < -0.3 is 0 Å². The van der Waals surface area contributed by atoms with Crippen LogP contribution < -0.4 is 0 Å². The van der Waals surface area contributed by atoms with E-state index in [1.807, 2.05) is 24.3 Å². The molecule has 0 heterocycles. The average molecular weight is 456 g/mol. The van der Waals surface area contributed by atoms with E-state index in [0.717, 1.165) is 11.1 Å². The third kappa shape index (κ3) is 3.24. The van der Waals surface area contributed by atoms with Gasteiger partial charge in [0.25, 0.3) is 0 Å². The van der Waals surface area contributed by atoms with Crippen molar-refractivity contribution >= 4 is 66.0 Å². The Morgan fingerprint density at radius 1 is 0.444 bits per heavy atom. The molecule has 166 valence electrons. The smallest absolute Gasteiger partial charge is 0.0991 e. The Hall–Kier alpha value is -4.93. The van der Waals surface area contributed by atoms with Crippen LogP contribution in [0.15, 0.2) is 115 Å². The van der Waals surface area contributed by atoms with Crippen molar-refractivity contribution in [2.45, 2.75) is 0 Å². The molecule has 1 nitrogen and oxygen atoms in total. The summed E-state index contributed by atoms with van der Waals surface area (Å²) in [5, 5.41) is 21.8. The van der Waals surface area contributed by atoms with Crippen LogP contribution in [-0.4, -0.2) is 0 Å². The van der Waals surface area contributed by atoms with Crippen molar-refractivity contribution in [3.63, 3.8) is 0 Å². The van der Waals surface area contributed by atoms with Crippen molar-refractivity contribution in [3.05, 3.63) is 132 Å². The number of fused-ring (bicyclic) bond motifs is 9. The van der Waals surface area contributed by atoms with Gasteiger partial charge in [0.05, 0.1) is 11.6 Å². The molecule has 0 atom stereocenters. The summed E-state index contributed by atoms with van der Waals surface area (Å²) >= 11 is 0. The van der Waals surface area contributed by atoms with Crippen LogP contribution in [0.4, 0.5) is 0 Å². The summed E-state index contributed by atoms with van der Waals surface area (Å²) < 4.78 is 0. The number of rotatable bonds is 2. The highest BCUT2D eigenvalue weighted by Crippen LogP contribution is 2.39. The highest BCUT2D eigenvalue weighted by atomic mass is 14.2. The van der Waals surface area contributed by atoms with E-state index in [1.54, 1.807) is 0 Å². The zero-order valence-electron chi connectivity index (χ0n) is 19.6. The molecule has 0 amide bonds. The summed E-state index contributed by atoms with van der Waals surface area (Å²) in [6.45, 7) is 0. The first-order valence-corrected chi connectivity index (χ1v) is 12.2. The van der Waals surface area contributed by atoms with Gasteiger partial charge in [-0.2, -0.15) is 5.26 Å². The molecular formula is C35H21N. The predicted octanol–water partition coefficient (Wildman–Crippen LogP) is 9.49. The number of hydrogen-bond donors (Lipinski definition) is 0. The maximum Gasteiger partial charge on any atom is 0.0991 e. The lowest BCUT2D eigenvalue weighted by Crippen LogP contribution is -1.86. The fraction of sp³-hybridized carbons (Fsp3) is 0. The average Bonchev–Trinajstić information content (AvgIpc) is 2.95. The maximum atomic E-state index is 9.06. The molecule has 7 rings (SSSR count). The minimum absolute atomic E-state index is 0.677. The van der Waals surface area contributed by atoms with E-state index in [2.05, 4.69) is 109 Å². The first kappa shape index (κ1) is 20.4. The summed E-state index contributed by atoms with van der Waals surface area (Å²) in [6.07, 6.45) is 4.26. The quantitative estimate of drug-likeness (QED) is 0.188. The molecule has 0 spiro atoms. The Labute approximate surface area is 209 Å². The van der Waals surface area contributed by atoms with Gasteiger partial charge in [-0.25, -0.2) is 0 Å². The van der Waals surface area contributed by atoms with Crippen LogP contribution >= 0.6 is 0 Å². The van der Waals surface area contributed by atoms with Crippen molar-refractivity contribution in [2.75, 3.05) is 0 Å². The molecule has 0 aliphatic rings. The van der Waals surface area contributed by atoms with Gasteiger partial charge in [0.15, 0.2) is 0 Å². The molecule has 0 fully saturated rings. The van der Waals surface area contributed by atoms with Crippen LogP contribution in [0, 0.1) is 11.3 Å². The summed E-state index contributed by atoms with van der Waals surface area (Å²) in [7, 11) is 0. The van der Waals surface area contributed by atoms with Gasteiger partial charge in [0.1, 0.15) is 0 Å². The minimum atomic E-state index is 0.677. The van der Waals surface area contributed by atoms with Crippen molar-refractivity contribution in [1.82, 2.24) is 0 Å². The molecule has 1 heteroatoms. The molecule has 0 aliphatic carbocycles. The van der Waals surface area contributed by atoms with Gasteiger partial charge >= 0.3 is 0 Å². The van der Waals surface area contributed by atoms with E-state index < -0.39 is 0 Å².